The van der Waals surface area contributed by atoms with Gasteiger partial charge in [-0.1, -0.05) is 43.3 Å². The molecule has 2 aromatic carbocycles. The molecule has 0 bridgehead atoms. The highest BCUT2D eigenvalue weighted by molar-refractivity contribution is 5.42. The Hall–Kier alpha value is -2.04. The van der Waals surface area contributed by atoms with Gasteiger partial charge in [0.2, 0.25) is 0 Å². The van der Waals surface area contributed by atoms with E-state index >= 15 is 0 Å². The molecule has 0 saturated carbocycles. The Morgan fingerprint density at radius 1 is 1.09 bits per heavy atom. The predicted octanol–water partition coefficient (Wildman–Crippen LogP) is 3.31. The molecule has 0 saturated heterocycles. The Morgan fingerprint density at radius 3 is 2.57 bits per heavy atom. The number of benzene rings is 2. The Kier molecular flexibility index (Phi) is 6.91. The van der Waals surface area contributed by atoms with Crippen molar-refractivity contribution >= 4 is 0 Å². The number of ether oxygens (including phenoxy) is 2. The number of aliphatic hydroxyl groups is 1. The largest absolute Gasteiger partial charge is 0.493 e. The highest BCUT2D eigenvalue weighted by Crippen LogP contribution is 2.28. The van der Waals surface area contributed by atoms with Crippen LogP contribution in [0.15, 0.2) is 48.5 Å². The molecule has 1 atom stereocenters. The molecular weight excluding hydrogens is 290 g/mol. The monoisotopic (exact) mass is 315 g/mol. The molecule has 0 amide bonds. The Morgan fingerprint density at radius 2 is 1.87 bits per heavy atom. The lowest BCUT2D eigenvalue weighted by molar-refractivity contribution is 0.174. The minimum absolute atomic E-state index is 0.500. The second kappa shape index (κ2) is 9.18. The number of hydrogen-bond acceptors (Lipinski definition) is 4. The summed E-state index contributed by atoms with van der Waals surface area (Å²) in [6, 6.07) is 15.6. The van der Waals surface area contributed by atoms with E-state index in [4.69, 9.17) is 9.47 Å². The van der Waals surface area contributed by atoms with Gasteiger partial charge in [0.05, 0.1) is 19.8 Å². The number of aliphatic hydroxyl groups excluding tert-OH is 1. The van der Waals surface area contributed by atoms with Crippen molar-refractivity contribution in [2.45, 2.75) is 26.0 Å². The molecule has 0 fully saturated rings. The van der Waals surface area contributed by atoms with E-state index in [1.807, 2.05) is 48.5 Å². The third kappa shape index (κ3) is 5.27. The van der Waals surface area contributed by atoms with Gasteiger partial charge in [-0.25, -0.2) is 0 Å². The van der Waals surface area contributed by atoms with Crippen LogP contribution in [0, 0.1) is 0 Å². The van der Waals surface area contributed by atoms with Crippen molar-refractivity contribution in [3.63, 3.8) is 0 Å². The quantitative estimate of drug-likeness (QED) is 0.745. The molecule has 0 unspecified atom stereocenters. The van der Waals surface area contributed by atoms with Crippen molar-refractivity contribution in [2.24, 2.45) is 0 Å². The smallest absolute Gasteiger partial charge is 0.161 e. The number of rotatable bonds is 9. The fraction of sp³-hybridized carbons (Fsp3) is 0.368. The third-order valence-electron chi connectivity index (χ3n) is 3.54. The fourth-order valence-electron chi connectivity index (χ4n) is 2.30. The van der Waals surface area contributed by atoms with Crippen molar-refractivity contribution in [1.29, 1.82) is 0 Å². The summed E-state index contributed by atoms with van der Waals surface area (Å²) < 4.78 is 11.0. The van der Waals surface area contributed by atoms with Crippen molar-refractivity contribution in [2.75, 3.05) is 20.3 Å². The van der Waals surface area contributed by atoms with Gasteiger partial charge in [0.1, 0.15) is 0 Å². The zero-order valence-corrected chi connectivity index (χ0v) is 13.8. The molecule has 0 aliphatic rings. The normalized spacial score (nSPS) is 12.0. The summed E-state index contributed by atoms with van der Waals surface area (Å²) >= 11 is 0. The van der Waals surface area contributed by atoms with E-state index in [9.17, 15) is 5.11 Å². The van der Waals surface area contributed by atoms with Gasteiger partial charge in [-0.15, -0.1) is 0 Å². The van der Waals surface area contributed by atoms with Gasteiger partial charge in [-0.2, -0.15) is 0 Å². The van der Waals surface area contributed by atoms with Gasteiger partial charge in [0.25, 0.3) is 0 Å². The SMILES string of the molecule is CCCOc1ccc(CNC[C@H](O)c2ccccc2)cc1OC. The molecule has 0 radical (unpaired) electrons. The molecule has 0 aliphatic heterocycles. The van der Waals surface area contributed by atoms with Crippen molar-refractivity contribution < 1.29 is 14.6 Å². The first kappa shape index (κ1) is 17.3. The molecule has 0 aromatic heterocycles. The molecule has 2 rings (SSSR count). The zero-order chi connectivity index (χ0) is 16.5. The molecule has 4 nitrogen and oxygen atoms in total. The first-order valence-electron chi connectivity index (χ1n) is 7.98. The molecule has 0 spiro atoms. The van der Waals surface area contributed by atoms with Gasteiger partial charge < -0.3 is 19.9 Å². The lowest BCUT2D eigenvalue weighted by Gasteiger charge is -2.14. The van der Waals surface area contributed by atoms with E-state index in [2.05, 4.69) is 12.2 Å². The third-order valence-corrected chi connectivity index (χ3v) is 3.54. The van der Waals surface area contributed by atoms with E-state index in [0.717, 1.165) is 29.0 Å². The highest BCUT2D eigenvalue weighted by Gasteiger charge is 2.08. The summed E-state index contributed by atoms with van der Waals surface area (Å²) in [6.07, 6.45) is 0.453. The van der Waals surface area contributed by atoms with Crippen molar-refractivity contribution in [3.8, 4) is 11.5 Å². The number of nitrogens with one attached hydrogen (secondary N) is 1. The van der Waals surface area contributed by atoms with Gasteiger partial charge in [-0.05, 0) is 29.7 Å². The van der Waals surface area contributed by atoms with Gasteiger partial charge >= 0.3 is 0 Å². The summed E-state index contributed by atoms with van der Waals surface area (Å²) in [6.45, 7) is 3.91. The van der Waals surface area contributed by atoms with Crippen LogP contribution in [0.2, 0.25) is 0 Å². The van der Waals surface area contributed by atoms with Crippen molar-refractivity contribution in [3.05, 3.63) is 59.7 Å². The van der Waals surface area contributed by atoms with Gasteiger partial charge in [0.15, 0.2) is 11.5 Å². The van der Waals surface area contributed by atoms with Crippen LogP contribution < -0.4 is 14.8 Å². The van der Waals surface area contributed by atoms with Gasteiger partial charge in [0, 0.05) is 13.1 Å². The summed E-state index contributed by atoms with van der Waals surface area (Å²) in [4.78, 5) is 0. The maximum atomic E-state index is 10.1. The van der Waals surface area contributed by atoms with Crippen LogP contribution in [-0.4, -0.2) is 25.4 Å². The fourth-order valence-corrected chi connectivity index (χ4v) is 2.30. The van der Waals surface area contributed by atoms with Crippen LogP contribution in [0.3, 0.4) is 0 Å². The van der Waals surface area contributed by atoms with E-state index in [1.54, 1.807) is 7.11 Å². The topological polar surface area (TPSA) is 50.7 Å². The van der Waals surface area contributed by atoms with E-state index in [1.165, 1.54) is 0 Å². The van der Waals surface area contributed by atoms with E-state index in [0.29, 0.717) is 19.7 Å². The maximum absolute atomic E-state index is 10.1. The Balaban J connectivity index is 1.88. The van der Waals surface area contributed by atoms with E-state index in [-0.39, 0.29) is 0 Å². The zero-order valence-electron chi connectivity index (χ0n) is 13.8. The van der Waals surface area contributed by atoms with Crippen LogP contribution in [0.25, 0.3) is 0 Å². The van der Waals surface area contributed by atoms with Crippen molar-refractivity contribution in [1.82, 2.24) is 5.32 Å². The number of hydrogen-bond donors (Lipinski definition) is 2. The summed E-state index contributed by atoms with van der Waals surface area (Å²) in [5.74, 6) is 1.50. The Bertz CT molecular complexity index is 586. The molecule has 2 N–H and O–H groups in total. The average Bonchev–Trinajstić information content (AvgIpc) is 2.61. The highest BCUT2D eigenvalue weighted by atomic mass is 16.5. The maximum Gasteiger partial charge on any atom is 0.161 e. The number of methoxy groups -OCH3 is 1. The summed E-state index contributed by atoms with van der Waals surface area (Å²) in [5, 5.41) is 13.4. The standard InChI is InChI=1S/C19H25NO3/c1-3-11-23-18-10-9-15(12-19(18)22-2)13-20-14-17(21)16-7-5-4-6-8-16/h4-10,12,17,20-21H,3,11,13-14H2,1-2H3/t17-/m0/s1. The molecule has 124 valence electrons. The molecule has 0 aliphatic carbocycles. The van der Waals surface area contributed by atoms with Crippen LogP contribution in [0.4, 0.5) is 0 Å². The summed E-state index contributed by atoms with van der Waals surface area (Å²) in [7, 11) is 1.64. The molecule has 0 heterocycles. The minimum Gasteiger partial charge on any atom is -0.493 e. The summed E-state index contributed by atoms with van der Waals surface area (Å²) in [5.41, 5.74) is 2.01. The lowest BCUT2D eigenvalue weighted by Crippen LogP contribution is -2.21. The second-order valence-electron chi connectivity index (χ2n) is 5.39. The molecular formula is C19H25NO3. The van der Waals surface area contributed by atoms with Crippen LogP contribution in [-0.2, 0) is 6.54 Å². The predicted molar refractivity (Wildman–Crippen MR) is 91.9 cm³/mol. The first-order chi connectivity index (χ1) is 11.2. The van der Waals surface area contributed by atoms with Crippen LogP contribution in [0.1, 0.15) is 30.6 Å². The molecule has 23 heavy (non-hydrogen) atoms. The first-order valence-corrected chi connectivity index (χ1v) is 7.98. The molecule has 2 aromatic rings. The van der Waals surface area contributed by atoms with Gasteiger partial charge in [-0.3, -0.25) is 0 Å². The van der Waals surface area contributed by atoms with Crippen LogP contribution in [0.5, 0.6) is 11.5 Å². The molecule has 4 heteroatoms. The lowest BCUT2D eigenvalue weighted by atomic mass is 10.1. The average molecular weight is 315 g/mol. The second-order valence-corrected chi connectivity index (χ2v) is 5.39. The van der Waals surface area contributed by atoms with Crippen LogP contribution >= 0.6 is 0 Å². The van der Waals surface area contributed by atoms with E-state index < -0.39 is 6.10 Å². The minimum atomic E-state index is -0.509. The Labute approximate surface area is 138 Å².